The molecule has 0 saturated carbocycles. The molecule has 0 saturated heterocycles. The van der Waals surface area contributed by atoms with Crippen LogP contribution in [0.4, 0.5) is 0 Å². The van der Waals surface area contributed by atoms with Gasteiger partial charge < -0.3 is 4.74 Å². The standard InChI is InChI=1S/C28H40ClNO/c1-2-3-4-5-6-7-8-9-10-11-12-13-22-30-23-25-16-20-28(21-17-25)31-24-26-14-18-27(29)19-15-26/h14-21,23H,2-13,22,24H2,1H3. The third kappa shape index (κ3) is 12.6. The lowest BCUT2D eigenvalue weighted by atomic mass is 10.1. The Bertz CT molecular complexity index is 709. The topological polar surface area (TPSA) is 21.6 Å². The van der Waals surface area contributed by atoms with Crippen molar-refractivity contribution in [2.75, 3.05) is 6.54 Å². The van der Waals surface area contributed by atoms with Crippen LogP contribution in [-0.4, -0.2) is 12.8 Å². The predicted molar refractivity (Wildman–Crippen MR) is 136 cm³/mol. The summed E-state index contributed by atoms with van der Waals surface area (Å²) >= 11 is 5.91. The predicted octanol–water partition coefficient (Wildman–Crippen LogP) is 9.04. The van der Waals surface area contributed by atoms with Crippen LogP contribution in [0.2, 0.25) is 5.02 Å². The molecule has 0 fully saturated rings. The van der Waals surface area contributed by atoms with Crippen molar-refractivity contribution in [2.45, 2.75) is 90.6 Å². The Hall–Kier alpha value is -1.80. The van der Waals surface area contributed by atoms with Crippen LogP contribution in [0, 0.1) is 0 Å². The molecule has 0 amide bonds. The highest BCUT2D eigenvalue weighted by Gasteiger charge is 1.97. The quantitative estimate of drug-likeness (QED) is 0.177. The van der Waals surface area contributed by atoms with Crippen LogP contribution in [0.15, 0.2) is 53.5 Å². The summed E-state index contributed by atoms with van der Waals surface area (Å²) < 4.78 is 5.83. The lowest BCUT2D eigenvalue weighted by Crippen LogP contribution is -1.95. The highest BCUT2D eigenvalue weighted by Crippen LogP contribution is 2.15. The van der Waals surface area contributed by atoms with Crippen LogP contribution in [0.25, 0.3) is 0 Å². The molecule has 2 aromatic rings. The van der Waals surface area contributed by atoms with E-state index in [9.17, 15) is 0 Å². The summed E-state index contributed by atoms with van der Waals surface area (Å²) in [6.45, 7) is 3.75. The zero-order valence-electron chi connectivity index (χ0n) is 19.3. The molecule has 0 atom stereocenters. The Balaban J connectivity index is 1.47. The molecule has 2 nitrogen and oxygen atoms in total. The third-order valence-corrected chi connectivity index (χ3v) is 5.83. The highest BCUT2D eigenvalue weighted by atomic mass is 35.5. The lowest BCUT2D eigenvalue weighted by molar-refractivity contribution is 0.306. The van der Waals surface area contributed by atoms with Gasteiger partial charge in [0.1, 0.15) is 12.4 Å². The number of benzene rings is 2. The van der Waals surface area contributed by atoms with Crippen molar-refractivity contribution >= 4 is 17.8 Å². The molecule has 2 aromatic carbocycles. The van der Waals surface area contributed by atoms with E-state index in [0.29, 0.717) is 6.61 Å². The van der Waals surface area contributed by atoms with E-state index in [0.717, 1.165) is 28.4 Å². The van der Waals surface area contributed by atoms with E-state index in [2.05, 4.69) is 24.0 Å². The van der Waals surface area contributed by atoms with Crippen molar-refractivity contribution < 1.29 is 4.74 Å². The van der Waals surface area contributed by atoms with Crippen LogP contribution >= 0.6 is 11.6 Å². The van der Waals surface area contributed by atoms with Crippen LogP contribution in [0.1, 0.15) is 95.1 Å². The van der Waals surface area contributed by atoms with E-state index in [1.54, 1.807) is 0 Å². The summed E-state index contributed by atoms with van der Waals surface area (Å²) in [5, 5.41) is 0.746. The molecule has 0 aliphatic rings. The van der Waals surface area contributed by atoms with Gasteiger partial charge >= 0.3 is 0 Å². The second-order valence-corrected chi connectivity index (χ2v) is 8.84. The van der Waals surface area contributed by atoms with Crippen LogP contribution in [-0.2, 0) is 6.61 Å². The maximum atomic E-state index is 5.91. The molecule has 0 N–H and O–H groups in total. The number of nitrogens with zero attached hydrogens (tertiary/aromatic N) is 1. The maximum Gasteiger partial charge on any atom is 0.119 e. The summed E-state index contributed by atoms with van der Waals surface area (Å²) in [6.07, 6.45) is 18.5. The van der Waals surface area contributed by atoms with Gasteiger partial charge in [-0.3, -0.25) is 4.99 Å². The molecule has 0 heterocycles. The molecule has 0 spiro atoms. The molecule has 0 radical (unpaired) electrons. The van der Waals surface area contributed by atoms with Crippen molar-refractivity contribution in [3.05, 3.63) is 64.7 Å². The summed E-state index contributed by atoms with van der Waals surface area (Å²) in [7, 11) is 0. The number of hydrogen-bond acceptors (Lipinski definition) is 2. The van der Waals surface area contributed by atoms with Crippen LogP contribution in [0.5, 0.6) is 5.75 Å². The van der Waals surface area contributed by atoms with E-state index in [1.807, 2.05) is 42.6 Å². The van der Waals surface area contributed by atoms with Gasteiger partial charge in [-0.05, 0) is 53.9 Å². The summed E-state index contributed by atoms with van der Waals surface area (Å²) in [4.78, 5) is 4.58. The average molecular weight is 442 g/mol. The second kappa shape index (κ2) is 16.8. The Morgan fingerprint density at radius 3 is 1.84 bits per heavy atom. The van der Waals surface area contributed by atoms with Gasteiger partial charge in [-0.25, -0.2) is 0 Å². The van der Waals surface area contributed by atoms with Gasteiger partial charge in [0.25, 0.3) is 0 Å². The number of hydrogen-bond donors (Lipinski definition) is 0. The van der Waals surface area contributed by atoms with Gasteiger partial charge in [0.2, 0.25) is 0 Å². The molecule has 0 aliphatic carbocycles. The first kappa shape index (κ1) is 25.5. The SMILES string of the molecule is CCCCCCCCCCCCCCN=Cc1ccc(OCc2ccc(Cl)cc2)cc1. The maximum absolute atomic E-state index is 5.91. The molecular weight excluding hydrogens is 402 g/mol. The van der Waals surface area contributed by atoms with Crippen molar-refractivity contribution in [1.82, 2.24) is 0 Å². The zero-order chi connectivity index (χ0) is 22.0. The van der Waals surface area contributed by atoms with Gasteiger partial charge in [0.15, 0.2) is 0 Å². The van der Waals surface area contributed by atoms with Gasteiger partial charge in [-0.2, -0.15) is 0 Å². The zero-order valence-corrected chi connectivity index (χ0v) is 20.1. The Morgan fingerprint density at radius 1 is 0.710 bits per heavy atom. The first-order chi connectivity index (χ1) is 15.3. The van der Waals surface area contributed by atoms with Gasteiger partial charge in [-0.1, -0.05) is 101 Å². The fourth-order valence-electron chi connectivity index (χ4n) is 3.61. The van der Waals surface area contributed by atoms with Gasteiger partial charge in [0.05, 0.1) is 0 Å². The first-order valence-electron chi connectivity index (χ1n) is 12.2. The smallest absolute Gasteiger partial charge is 0.119 e. The third-order valence-electron chi connectivity index (χ3n) is 5.58. The minimum atomic E-state index is 0.545. The fraction of sp³-hybridized carbons (Fsp3) is 0.536. The molecular formula is C28H40ClNO. The van der Waals surface area contributed by atoms with Gasteiger partial charge in [-0.15, -0.1) is 0 Å². The number of ether oxygens (including phenoxy) is 1. The van der Waals surface area contributed by atoms with E-state index in [1.165, 1.54) is 77.0 Å². The van der Waals surface area contributed by atoms with Crippen molar-refractivity contribution in [1.29, 1.82) is 0 Å². The Kier molecular flexibility index (Phi) is 13.8. The Morgan fingerprint density at radius 2 is 1.26 bits per heavy atom. The van der Waals surface area contributed by atoms with Crippen molar-refractivity contribution in [3.63, 3.8) is 0 Å². The molecule has 31 heavy (non-hydrogen) atoms. The van der Waals surface area contributed by atoms with E-state index in [-0.39, 0.29) is 0 Å². The van der Waals surface area contributed by atoms with E-state index < -0.39 is 0 Å². The lowest BCUT2D eigenvalue weighted by Gasteiger charge is -2.06. The number of rotatable bonds is 17. The number of aliphatic imine (C=N–C) groups is 1. The summed E-state index contributed by atoms with van der Waals surface area (Å²) in [5.74, 6) is 0.869. The molecule has 0 aliphatic heterocycles. The second-order valence-electron chi connectivity index (χ2n) is 8.41. The summed E-state index contributed by atoms with van der Waals surface area (Å²) in [6, 6.07) is 15.9. The van der Waals surface area contributed by atoms with E-state index in [4.69, 9.17) is 16.3 Å². The number of unbranched alkanes of at least 4 members (excludes halogenated alkanes) is 11. The molecule has 2 rings (SSSR count). The largest absolute Gasteiger partial charge is 0.489 e. The minimum absolute atomic E-state index is 0.545. The minimum Gasteiger partial charge on any atom is -0.489 e. The normalized spacial score (nSPS) is 11.3. The summed E-state index contributed by atoms with van der Waals surface area (Å²) in [5.41, 5.74) is 2.23. The average Bonchev–Trinajstić information content (AvgIpc) is 2.80. The van der Waals surface area contributed by atoms with Crippen LogP contribution < -0.4 is 4.74 Å². The molecule has 0 bridgehead atoms. The fourth-order valence-corrected chi connectivity index (χ4v) is 3.74. The van der Waals surface area contributed by atoms with Crippen LogP contribution in [0.3, 0.4) is 0 Å². The molecule has 0 unspecified atom stereocenters. The molecule has 170 valence electrons. The van der Waals surface area contributed by atoms with E-state index >= 15 is 0 Å². The highest BCUT2D eigenvalue weighted by molar-refractivity contribution is 6.30. The molecule has 3 heteroatoms. The first-order valence-corrected chi connectivity index (χ1v) is 12.6. The van der Waals surface area contributed by atoms with Crippen molar-refractivity contribution in [3.8, 4) is 5.75 Å². The van der Waals surface area contributed by atoms with Gasteiger partial charge in [0, 0.05) is 17.8 Å². The Labute approximate surface area is 195 Å². The molecule has 0 aromatic heterocycles. The van der Waals surface area contributed by atoms with Crippen molar-refractivity contribution in [2.24, 2.45) is 4.99 Å². The number of halogens is 1. The monoisotopic (exact) mass is 441 g/mol.